The zero-order valence-electron chi connectivity index (χ0n) is 12.5. The van der Waals surface area contributed by atoms with Gasteiger partial charge in [0, 0.05) is 12.1 Å². The van der Waals surface area contributed by atoms with Crippen molar-refractivity contribution in [3.63, 3.8) is 0 Å². The Kier molecular flexibility index (Phi) is 6.96. The molecule has 0 aliphatic rings. The van der Waals surface area contributed by atoms with Gasteiger partial charge in [0.2, 0.25) is 6.54 Å². The molecule has 0 saturated heterocycles. The second kappa shape index (κ2) is 8.70. The highest BCUT2D eigenvalue weighted by molar-refractivity contribution is 5.89. The number of hydrogen-bond donors (Lipinski definition) is 1. The van der Waals surface area contributed by atoms with E-state index in [2.05, 4.69) is 4.74 Å². The van der Waals surface area contributed by atoms with Gasteiger partial charge in [-0.2, -0.15) is 4.57 Å². The van der Waals surface area contributed by atoms with Crippen LogP contribution < -0.4 is 17.0 Å². The minimum absolute atomic E-state index is 0. The van der Waals surface area contributed by atoms with Gasteiger partial charge in [-0.3, -0.25) is 0 Å². The molecule has 5 nitrogen and oxygen atoms in total. The summed E-state index contributed by atoms with van der Waals surface area (Å²) in [6.07, 6.45) is 7.26. The Morgan fingerprint density at radius 3 is 2.04 bits per heavy atom. The topological polar surface area (TPSA) is 67.5 Å². The number of carboxylic acid groups (broad SMARTS) is 1. The van der Waals surface area contributed by atoms with Gasteiger partial charge in [0.15, 0.2) is 12.4 Å². The maximum absolute atomic E-state index is 11.3. The summed E-state index contributed by atoms with van der Waals surface area (Å²) in [4.78, 5) is 21.9. The molecule has 0 aliphatic heterocycles. The molecule has 120 valence electrons. The number of methoxy groups -OCH3 is 1. The molecule has 1 aromatic heterocycles. The lowest BCUT2D eigenvalue weighted by Gasteiger charge is -1.99. The smallest absolute Gasteiger partial charge is 0.370 e. The average Bonchev–Trinajstić information content (AvgIpc) is 2.53. The Labute approximate surface area is 140 Å². The van der Waals surface area contributed by atoms with Crippen molar-refractivity contribution in [1.29, 1.82) is 0 Å². The molecule has 0 spiro atoms. The van der Waals surface area contributed by atoms with Crippen LogP contribution in [-0.4, -0.2) is 24.2 Å². The van der Waals surface area contributed by atoms with Crippen molar-refractivity contribution in [3.05, 3.63) is 65.5 Å². The Balaban J connectivity index is 0.00000264. The van der Waals surface area contributed by atoms with E-state index in [0.29, 0.717) is 5.56 Å². The molecule has 0 bridgehead atoms. The van der Waals surface area contributed by atoms with Gasteiger partial charge < -0.3 is 22.3 Å². The minimum Gasteiger partial charge on any atom is -1.00 e. The van der Waals surface area contributed by atoms with Crippen molar-refractivity contribution in [2.45, 2.75) is 6.54 Å². The number of aliphatic carboxylic acids is 1. The van der Waals surface area contributed by atoms with Crippen LogP contribution in [0, 0.1) is 0 Å². The number of rotatable bonds is 5. The van der Waals surface area contributed by atoms with Gasteiger partial charge in [0.05, 0.1) is 12.7 Å². The lowest BCUT2D eigenvalue weighted by Crippen LogP contribution is -3.00. The number of halogens is 1. The van der Waals surface area contributed by atoms with Crippen molar-refractivity contribution in [3.8, 4) is 0 Å². The molecule has 0 fully saturated rings. The number of hydrogen-bond acceptors (Lipinski definition) is 3. The normalized spacial score (nSPS) is 10.1. The van der Waals surface area contributed by atoms with Crippen LogP contribution in [0.2, 0.25) is 0 Å². The lowest BCUT2D eigenvalue weighted by molar-refractivity contribution is -0.685. The van der Waals surface area contributed by atoms with Crippen LogP contribution >= 0.6 is 0 Å². The first-order chi connectivity index (χ1) is 10.6. The number of pyridine rings is 1. The number of carbonyl (C=O) groups is 2. The minimum atomic E-state index is -0.876. The van der Waals surface area contributed by atoms with Crippen molar-refractivity contribution < 1.29 is 36.4 Å². The summed E-state index contributed by atoms with van der Waals surface area (Å²) in [5, 5.41) is 8.70. The summed E-state index contributed by atoms with van der Waals surface area (Å²) >= 11 is 0. The number of esters is 1. The molecule has 2 rings (SSSR count). The summed E-state index contributed by atoms with van der Waals surface area (Å²) in [6, 6.07) is 10.7. The van der Waals surface area contributed by atoms with Crippen LogP contribution in [0.1, 0.15) is 21.5 Å². The third-order valence-corrected chi connectivity index (χ3v) is 3.03. The van der Waals surface area contributed by atoms with Gasteiger partial charge in [-0.15, -0.1) is 0 Å². The molecule has 0 radical (unpaired) electrons. The zero-order chi connectivity index (χ0) is 15.9. The number of ether oxygens (including phenoxy) is 1. The van der Waals surface area contributed by atoms with E-state index in [9.17, 15) is 9.59 Å². The predicted octanol–water partition coefficient (Wildman–Crippen LogP) is -0.980. The molecule has 2 aromatic rings. The largest absolute Gasteiger partial charge is 1.00 e. The van der Waals surface area contributed by atoms with Gasteiger partial charge in [-0.05, 0) is 23.3 Å². The number of carbonyl (C=O) groups excluding carboxylic acids is 1. The first-order valence-electron chi connectivity index (χ1n) is 6.66. The first kappa shape index (κ1) is 18.4. The monoisotopic (exact) mass is 333 g/mol. The summed E-state index contributed by atoms with van der Waals surface area (Å²) in [5.41, 5.74) is 2.42. The average molecular weight is 334 g/mol. The molecule has 1 N–H and O–H groups in total. The second-order valence-electron chi connectivity index (χ2n) is 4.64. The number of benzene rings is 1. The van der Waals surface area contributed by atoms with Crippen LogP contribution in [0.25, 0.3) is 12.2 Å². The van der Waals surface area contributed by atoms with E-state index in [1.807, 2.05) is 36.4 Å². The van der Waals surface area contributed by atoms with Crippen LogP contribution in [0.3, 0.4) is 0 Å². The van der Waals surface area contributed by atoms with Crippen molar-refractivity contribution in [2.75, 3.05) is 7.11 Å². The predicted molar refractivity (Wildman–Crippen MR) is 81.0 cm³/mol. The SMILES string of the molecule is COC(=O)c1ccc(/C=C\c2cc[n+](CC(=O)O)cc2)cc1.[Cl-]. The van der Waals surface area contributed by atoms with E-state index < -0.39 is 5.97 Å². The zero-order valence-corrected chi connectivity index (χ0v) is 13.2. The molecule has 1 aromatic carbocycles. The van der Waals surface area contributed by atoms with E-state index in [1.165, 1.54) is 7.11 Å². The first-order valence-corrected chi connectivity index (χ1v) is 6.66. The van der Waals surface area contributed by atoms with E-state index in [0.717, 1.165) is 11.1 Å². The highest BCUT2D eigenvalue weighted by Crippen LogP contribution is 2.09. The molecular weight excluding hydrogens is 318 g/mol. The highest BCUT2D eigenvalue weighted by atomic mass is 35.5. The van der Waals surface area contributed by atoms with Crippen LogP contribution in [-0.2, 0) is 16.1 Å². The summed E-state index contributed by atoms with van der Waals surface area (Å²) in [5.74, 6) is -1.24. The van der Waals surface area contributed by atoms with E-state index >= 15 is 0 Å². The fraction of sp³-hybridized carbons (Fsp3) is 0.118. The molecule has 0 unspecified atom stereocenters. The number of carboxylic acids is 1. The third kappa shape index (κ3) is 5.56. The van der Waals surface area contributed by atoms with E-state index in [-0.39, 0.29) is 24.9 Å². The molecule has 0 atom stereocenters. The van der Waals surface area contributed by atoms with Gasteiger partial charge in [0.25, 0.3) is 0 Å². The van der Waals surface area contributed by atoms with Gasteiger partial charge in [0.1, 0.15) is 0 Å². The van der Waals surface area contributed by atoms with Crippen molar-refractivity contribution >= 4 is 24.1 Å². The van der Waals surface area contributed by atoms with Crippen LogP contribution in [0.4, 0.5) is 0 Å². The van der Waals surface area contributed by atoms with E-state index in [1.54, 1.807) is 29.1 Å². The fourth-order valence-corrected chi connectivity index (χ4v) is 1.88. The number of nitrogens with zero attached hydrogens (tertiary/aromatic N) is 1. The molecule has 23 heavy (non-hydrogen) atoms. The van der Waals surface area contributed by atoms with Crippen molar-refractivity contribution in [2.24, 2.45) is 0 Å². The molecule has 1 heterocycles. The Morgan fingerprint density at radius 1 is 1.04 bits per heavy atom. The molecular formula is C17H16ClNO4. The maximum Gasteiger partial charge on any atom is 0.370 e. The standard InChI is InChI=1S/C17H15NO4.ClH/c1-22-17(21)15-6-4-13(5-7-15)2-3-14-8-10-18(11-9-14)12-16(19)20;/h2-11H,12H2,1H3;1H/b3-2-;. The van der Waals surface area contributed by atoms with Gasteiger partial charge in [-0.1, -0.05) is 24.3 Å². The Bertz CT molecular complexity index is 694. The van der Waals surface area contributed by atoms with Gasteiger partial charge >= 0.3 is 11.9 Å². The summed E-state index contributed by atoms with van der Waals surface area (Å²) in [6.45, 7) is -0.0566. The Morgan fingerprint density at radius 2 is 1.57 bits per heavy atom. The maximum atomic E-state index is 11.3. The summed E-state index contributed by atoms with van der Waals surface area (Å²) in [7, 11) is 1.35. The molecule has 6 heteroatoms. The Hall–Kier alpha value is -2.66. The van der Waals surface area contributed by atoms with Crippen molar-refractivity contribution in [1.82, 2.24) is 0 Å². The van der Waals surface area contributed by atoms with Crippen LogP contribution in [0.15, 0.2) is 48.8 Å². The third-order valence-electron chi connectivity index (χ3n) is 3.03. The van der Waals surface area contributed by atoms with E-state index in [4.69, 9.17) is 5.11 Å². The molecule has 0 amide bonds. The molecule has 0 aliphatic carbocycles. The fourth-order valence-electron chi connectivity index (χ4n) is 1.88. The quantitative estimate of drug-likeness (QED) is 0.564. The second-order valence-corrected chi connectivity index (χ2v) is 4.64. The van der Waals surface area contributed by atoms with Crippen LogP contribution in [0.5, 0.6) is 0 Å². The number of aromatic nitrogens is 1. The van der Waals surface area contributed by atoms with Gasteiger partial charge in [-0.25, -0.2) is 9.59 Å². The summed E-state index contributed by atoms with van der Waals surface area (Å²) < 4.78 is 6.23. The highest BCUT2D eigenvalue weighted by Gasteiger charge is 2.05. The lowest BCUT2D eigenvalue weighted by atomic mass is 10.1. The molecule has 0 saturated carbocycles.